The molecule has 0 saturated carbocycles. The SMILES string of the molecule is CCc1cc(C#Cc2ccccc2)c(CC)cc1C#Cc1ccccc1. The van der Waals surface area contributed by atoms with Gasteiger partial charge in [0.2, 0.25) is 0 Å². The Bertz CT molecular complexity index is 903. The first kappa shape index (κ1) is 17.6. The molecule has 0 N–H and O–H groups in total. The lowest BCUT2D eigenvalue weighted by atomic mass is 9.95. The molecule has 0 bridgehead atoms. The minimum absolute atomic E-state index is 0.947. The highest BCUT2D eigenvalue weighted by atomic mass is 14.1. The average Bonchev–Trinajstić information content (AvgIpc) is 2.72. The Morgan fingerprint density at radius 2 is 0.923 bits per heavy atom. The molecular weight excluding hydrogens is 312 g/mol. The van der Waals surface area contributed by atoms with Crippen molar-refractivity contribution in [3.8, 4) is 23.7 Å². The van der Waals surface area contributed by atoms with E-state index in [4.69, 9.17) is 0 Å². The van der Waals surface area contributed by atoms with Gasteiger partial charge in [-0.1, -0.05) is 73.9 Å². The molecule has 0 aromatic heterocycles. The summed E-state index contributed by atoms with van der Waals surface area (Å²) in [5.74, 6) is 13.3. The second kappa shape index (κ2) is 8.75. The average molecular weight is 334 g/mol. The molecule has 0 amide bonds. The Hall–Kier alpha value is -3.22. The molecule has 0 heterocycles. The van der Waals surface area contributed by atoms with Crippen molar-refractivity contribution in [1.82, 2.24) is 0 Å². The van der Waals surface area contributed by atoms with E-state index in [1.54, 1.807) is 0 Å². The van der Waals surface area contributed by atoms with Gasteiger partial charge in [0.25, 0.3) is 0 Å². The summed E-state index contributed by atoms with van der Waals surface area (Å²) in [6.45, 7) is 4.34. The van der Waals surface area contributed by atoms with Crippen LogP contribution in [0.5, 0.6) is 0 Å². The normalized spacial score (nSPS) is 9.62. The summed E-state index contributed by atoms with van der Waals surface area (Å²) in [4.78, 5) is 0. The van der Waals surface area contributed by atoms with Crippen LogP contribution in [-0.4, -0.2) is 0 Å². The first-order chi connectivity index (χ1) is 12.8. The van der Waals surface area contributed by atoms with Crippen LogP contribution in [0.1, 0.15) is 47.2 Å². The van der Waals surface area contributed by atoms with Crippen LogP contribution in [0.25, 0.3) is 0 Å². The zero-order chi connectivity index (χ0) is 18.2. The van der Waals surface area contributed by atoms with Crippen LogP contribution in [0.3, 0.4) is 0 Å². The van der Waals surface area contributed by atoms with Crippen LogP contribution in [0.15, 0.2) is 72.8 Å². The van der Waals surface area contributed by atoms with E-state index in [0.717, 1.165) is 35.1 Å². The minimum atomic E-state index is 0.947. The monoisotopic (exact) mass is 334 g/mol. The molecule has 3 aromatic carbocycles. The molecule has 0 saturated heterocycles. The van der Waals surface area contributed by atoms with Crippen LogP contribution in [0, 0.1) is 23.7 Å². The third kappa shape index (κ3) is 4.44. The summed E-state index contributed by atoms with van der Waals surface area (Å²) in [6, 6.07) is 24.7. The van der Waals surface area contributed by atoms with Crippen LogP contribution >= 0.6 is 0 Å². The van der Waals surface area contributed by atoms with Crippen molar-refractivity contribution in [2.75, 3.05) is 0 Å². The van der Waals surface area contributed by atoms with E-state index in [1.807, 2.05) is 60.7 Å². The fourth-order valence-electron chi connectivity index (χ4n) is 2.83. The molecule has 3 aromatic rings. The first-order valence-corrected chi connectivity index (χ1v) is 9.10. The Balaban J connectivity index is 1.99. The summed E-state index contributed by atoms with van der Waals surface area (Å²) >= 11 is 0. The van der Waals surface area contributed by atoms with Crippen molar-refractivity contribution in [1.29, 1.82) is 0 Å². The lowest BCUT2D eigenvalue weighted by molar-refractivity contribution is 1.08. The molecule has 0 aliphatic heterocycles. The van der Waals surface area contributed by atoms with Crippen LogP contribution in [-0.2, 0) is 12.8 Å². The predicted octanol–water partition coefficient (Wildman–Crippen LogP) is 5.61. The Labute approximate surface area is 156 Å². The third-order valence-electron chi connectivity index (χ3n) is 4.32. The Morgan fingerprint density at radius 1 is 0.538 bits per heavy atom. The van der Waals surface area contributed by atoms with E-state index in [2.05, 4.69) is 49.7 Å². The fourth-order valence-corrected chi connectivity index (χ4v) is 2.83. The molecule has 0 nitrogen and oxygen atoms in total. The van der Waals surface area contributed by atoms with Gasteiger partial charge in [-0.25, -0.2) is 0 Å². The molecule has 0 spiro atoms. The zero-order valence-electron chi connectivity index (χ0n) is 15.3. The number of aryl methyl sites for hydroxylation is 2. The van der Waals surface area contributed by atoms with Crippen molar-refractivity contribution in [3.05, 3.63) is 106 Å². The van der Waals surface area contributed by atoms with Gasteiger partial charge in [-0.3, -0.25) is 0 Å². The molecule has 3 rings (SSSR count). The van der Waals surface area contributed by atoms with Crippen molar-refractivity contribution < 1.29 is 0 Å². The topological polar surface area (TPSA) is 0 Å². The van der Waals surface area contributed by atoms with Crippen molar-refractivity contribution >= 4 is 0 Å². The van der Waals surface area contributed by atoms with E-state index < -0.39 is 0 Å². The number of rotatable bonds is 2. The van der Waals surface area contributed by atoms with Gasteiger partial charge in [0.15, 0.2) is 0 Å². The van der Waals surface area contributed by atoms with Gasteiger partial charge in [0.05, 0.1) is 0 Å². The maximum atomic E-state index is 3.36. The standard InChI is InChI=1S/C26H22/c1-3-23-19-26(18-16-22-13-9-6-10-14-22)24(4-2)20-25(23)17-15-21-11-7-5-8-12-21/h5-14,19-20H,3-4H2,1-2H3. The van der Waals surface area contributed by atoms with E-state index in [1.165, 1.54) is 11.1 Å². The second-order valence-electron chi connectivity index (χ2n) is 6.11. The van der Waals surface area contributed by atoms with Gasteiger partial charge >= 0.3 is 0 Å². The second-order valence-corrected chi connectivity index (χ2v) is 6.11. The molecule has 0 fully saturated rings. The maximum absolute atomic E-state index is 3.36. The third-order valence-corrected chi connectivity index (χ3v) is 4.32. The number of benzene rings is 3. The van der Waals surface area contributed by atoms with E-state index >= 15 is 0 Å². The molecule has 0 heteroatoms. The van der Waals surface area contributed by atoms with Gasteiger partial charge in [-0.05, 0) is 60.4 Å². The summed E-state index contributed by atoms with van der Waals surface area (Å²) in [6.07, 6.45) is 1.89. The summed E-state index contributed by atoms with van der Waals surface area (Å²) in [5.41, 5.74) is 6.81. The summed E-state index contributed by atoms with van der Waals surface area (Å²) in [5, 5.41) is 0. The van der Waals surface area contributed by atoms with Gasteiger partial charge < -0.3 is 0 Å². The zero-order valence-corrected chi connectivity index (χ0v) is 15.3. The fraction of sp³-hybridized carbons (Fsp3) is 0.154. The number of hydrogen-bond donors (Lipinski definition) is 0. The van der Waals surface area contributed by atoms with Crippen LogP contribution in [0.4, 0.5) is 0 Å². The highest BCUT2D eigenvalue weighted by Gasteiger charge is 2.05. The smallest absolute Gasteiger partial charge is 0.0284 e. The largest absolute Gasteiger partial charge is 0.0622 e. The molecule has 0 atom stereocenters. The Morgan fingerprint density at radius 3 is 1.27 bits per heavy atom. The van der Waals surface area contributed by atoms with E-state index in [-0.39, 0.29) is 0 Å². The van der Waals surface area contributed by atoms with Gasteiger partial charge in [0, 0.05) is 22.3 Å². The van der Waals surface area contributed by atoms with Crippen LogP contribution in [0.2, 0.25) is 0 Å². The minimum Gasteiger partial charge on any atom is -0.0622 e. The molecule has 126 valence electrons. The molecule has 26 heavy (non-hydrogen) atoms. The van der Waals surface area contributed by atoms with Crippen molar-refractivity contribution in [3.63, 3.8) is 0 Å². The van der Waals surface area contributed by atoms with E-state index in [9.17, 15) is 0 Å². The summed E-state index contributed by atoms with van der Waals surface area (Å²) < 4.78 is 0. The summed E-state index contributed by atoms with van der Waals surface area (Å²) in [7, 11) is 0. The Kier molecular flexibility index (Phi) is 5.92. The molecule has 0 aliphatic rings. The van der Waals surface area contributed by atoms with Gasteiger partial charge in [0.1, 0.15) is 0 Å². The van der Waals surface area contributed by atoms with E-state index in [0.29, 0.717) is 0 Å². The van der Waals surface area contributed by atoms with Crippen molar-refractivity contribution in [2.24, 2.45) is 0 Å². The molecule has 0 radical (unpaired) electrons. The molecule has 0 aliphatic carbocycles. The highest BCUT2D eigenvalue weighted by Crippen LogP contribution is 2.18. The number of hydrogen-bond acceptors (Lipinski definition) is 0. The van der Waals surface area contributed by atoms with Crippen LogP contribution < -0.4 is 0 Å². The quantitative estimate of drug-likeness (QED) is 0.534. The first-order valence-electron chi connectivity index (χ1n) is 9.10. The highest BCUT2D eigenvalue weighted by molar-refractivity contribution is 5.55. The predicted molar refractivity (Wildman–Crippen MR) is 110 cm³/mol. The van der Waals surface area contributed by atoms with Crippen molar-refractivity contribution in [2.45, 2.75) is 26.7 Å². The van der Waals surface area contributed by atoms with Gasteiger partial charge in [-0.2, -0.15) is 0 Å². The van der Waals surface area contributed by atoms with Gasteiger partial charge in [-0.15, -0.1) is 0 Å². The maximum Gasteiger partial charge on any atom is 0.0284 e. The molecular formula is C26H22. The molecule has 0 unspecified atom stereocenters. The lowest BCUT2D eigenvalue weighted by Gasteiger charge is -2.08. The lowest BCUT2D eigenvalue weighted by Crippen LogP contribution is -1.96.